The number of aryl methyl sites for hydroxylation is 1. The van der Waals surface area contributed by atoms with Crippen molar-refractivity contribution in [2.45, 2.75) is 52.0 Å². The van der Waals surface area contributed by atoms with Gasteiger partial charge >= 0.3 is 0 Å². The van der Waals surface area contributed by atoms with Crippen molar-refractivity contribution in [2.24, 2.45) is 0 Å². The third-order valence-electron chi connectivity index (χ3n) is 3.63. The smallest absolute Gasteiger partial charge is 0.129 e. The molecule has 1 aliphatic rings. The Kier molecular flexibility index (Phi) is 5.73. The Labute approximate surface area is 127 Å². The van der Waals surface area contributed by atoms with Gasteiger partial charge in [0.1, 0.15) is 5.82 Å². The highest BCUT2D eigenvalue weighted by Crippen LogP contribution is 2.25. The van der Waals surface area contributed by atoms with Crippen LogP contribution in [0.5, 0.6) is 0 Å². The first-order valence-electron chi connectivity index (χ1n) is 7.66. The molecule has 0 radical (unpaired) electrons. The monoisotopic (exact) mass is 293 g/mol. The number of hydrogen-bond acceptors (Lipinski definition) is 4. The lowest BCUT2D eigenvalue weighted by molar-refractivity contribution is 0.588. The molecule has 2 heterocycles. The lowest BCUT2D eigenvalue weighted by Crippen LogP contribution is -2.38. The van der Waals surface area contributed by atoms with E-state index in [2.05, 4.69) is 61.8 Å². The molecule has 2 rings (SSSR count). The van der Waals surface area contributed by atoms with E-state index in [-0.39, 0.29) is 0 Å². The zero-order valence-electron chi connectivity index (χ0n) is 13.1. The fraction of sp³-hybridized carbons (Fsp3) is 0.688. The van der Waals surface area contributed by atoms with Gasteiger partial charge in [0, 0.05) is 42.4 Å². The minimum Gasteiger partial charge on any atom is -0.355 e. The molecule has 1 aromatic rings. The molecule has 112 valence electrons. The van der Waals surface area contributed by atoms with Gasteiger partial charge in [-0.1, -0.05) is 20.8 Å². The van der Waals surface area contributed by atoms with Crippen LogP contribution < -0.4 is 10.2 Å². The summed E-state index contributed by atoms with van der Waals surface area (Å²) in [7, 11) is 0. The summed E-state index contributed by atoms with van der Waals surface area (Å²) in [6.45, 7) is 11.9. The maximum atomic E-state index is 4.74. The number of aromatic nitrogens is 1. The lowest BCUT2D eigenvalue weighted by atomic mass is 10.2. The number of thioether (sulfide) groups is 1. The van der Waals surface area contributed by atoms with Crippen LogP contribution in [-0.4, -0.2) is 35.1 Å². The van der Waals surface area contributed by atoms with Gasteiger partial charge in [0.2, 0.25) is 0 Å². The van der Waals surface area contributed by atoms with Gasteiger partial charge in [-0.25, -0.2) is 4.98 Å². The van der Waals surface area contributed by atoms with Gasteiger partial charge < -0.3 is 10.2 Å². The third-order valence-corrected chi connectivity index (χ3v) is 5.00. The highest BCUT2D eigenvalue weighted by molar-refractivity contribution is 8.00. The van der Waals surface area contributed by atoms with Crippen LogP contribution in [0, 0.1) is 6.92 Å². The fourth-order valence-corrected chi connectivity index (χ4v) is 3.66. The second-order valence-electron chi connectivity index (χ2n) is 5.86. The highest BCUT2D eigenvalue weighted by atomic mass is 32.2. The molecule has 0 aromatic carbocycles. The van der Waals surface area contributed by atoms with E-state index >= 15 is 0 Å². The van der Waals surface area contributed by atoms with E-state index in [9.17, 15) is 0 Å². The molecule has 1 unspecified atom stereocenters. The summed E-state index contributed by atoms with van der Waals surface area (Å²) in [5, 5.41) is 4.24. The second-order valence-corrected chi connectivity index (χ2v) is 7.27. The summed E-state index contributed by atoms with van der Waals surface area (Å²) >= 11 is 2.10. The van der Waals surface area contributed by atoms with Gasteiger partial charge in [-0.15, -0.1) is 0 Å². The first-order chi connectivity index (χ1) is 9.58. The van der Waals surface area contributed by atoms with Crippen LogP contribution in [0.2, 0.25) is 0 Å². The number of nitrogens with one attached hydrogen (secondary N) is 1. The number of pyridine rings is 1. The van der Waals surface area contributed by atoms with Crippen LogP contribution in [-0.2, 0) is 6.54 Å². The van der Waals surface area contributed by atoms with Crippen LogP contribution in [0.3, 0.4) is 0 Å². The molecule has 1 aromatic heterocycles. The van der Waals surface area contributed by atoms with Crippen molar-refractivity contribution in [2.75, 3.05) is 23.7 Å². The van der Waals surface area contributed by atoms with Crippen LogP contribution in [0.4, 0.5) is 5.82 Å². The molecule has 1 N–H and O–H groups in total. The SMILES string of the molecule is CCC1CN(c2cc(CNC(C)C)cc(C)n2)CCS1. The number of hydrogen-bond donors (Lipinski definition) is 1. The Balaban J connectivity index is 2.10. The molecule has 0 amide bonds. The summed E-state index contributed by atoms with van der Waals surface area (Å²) < 4.78 is 0. The van der Waals surface area contributed by atoms with Crippen LogP contribution in [0.25, 0.3) is 0 Å². The van der Waals surface area contributed by atoms with Gasteiger partial charge in [0.15, 0.2) is 0 Å². The Bertz CT molecular complexity index is 434. The summed E-state index contributed by atoms with van der Waals surface area (Å²) in [5.74, 6) is 2.37. The first kappa shape index (κ1) is 15.6. The zero-order chi connectivity index (χ0) is 14.5. The molecule has 1 saturated heterocycles. The van der Waals surface area contributed by atoms with Crippen molar-refractivity contribution >= 4 is 17.6 Å². The average molecular weight is 293 g/mol. The number of anilines is 1. The molecule has 1 aliphatic heterocycles. The van der Waals surface area contributed by atoms with Gasteiger partial charge in [-0.2, -0.15) is 11.8 Å². The van der Waals surface area contributed by atoms with Crippen molar-refractivity contribution < 1.29 is 0 Å². The Morgan fingerprint density at radius 3 is 2.95 bits per heavy atom. The molecule has 4 heteroatoms. The fourth-order valence-electron chi connectivity index (χ4n) is 2.48. The molecule has 1 fully saturated rings. The Morgan fingerprint density at radius 2 is 2.25 bits per heavy atom. The van der Waals surface area contributed by atoms with Crippen molar-refractivity contribution in [3.8, 4) is 0 Å². The predicted molar refractivity (Wildman–Crippen MR) is 89.7 cm³/mol. The van der Waals surface area contributed by atoms with Gasteiger partial charge in [0.05, 0.1) is 0 Å². The van der Waals surface area contributed by atoms with E-state index in [1.807, 2.05) is 0 Å². The molecule has 1 atom stereocenters. The van der Waals surface area contributed by atoms with Crippen LogP contribution >= 0.6 is 11.8 Å². The van der Waals surface area contributed by atoms with Crippen molar-refractivity contribution in [3.63, 3.8) is 0 Å². The normalized spacial score (nSPS) is 19.6. The first-order valence-corrected chi connectivity index (χ1v) is 8.71. The van der Waals surface area contributed by atoms with Gasteiger partial charge in [-0.05, 0) is 31.0 Å². The molecule has 0 bridgehead atoms. The van der Waals surface area contributed by atoms with Crippen molar-refractivity contribution in [1.29, 1.82) is 0 Å². The number of nitrogens with zero attached hydrogens (tertiary/aromatic N) is 2. The van der Waals surface area contributed by atoms with E-state index in [1.54, 1.807) is 0 Å². The van der Waals surface area contributed by atoms with Crippen molar-refractivity contribution in [1.82, 2.24) is 10.3 Å². The minimum atomic E-state index is 0.516. The molecule has 0 saturated carbocycles. The third kappa shape index (κ3) is 4.38. The van der Waals surface area contributed by atoms with E-state index < -0.39 is 0 Å². The van der Waals surface area contributed by atoms with Gasteiger partial charge in [-0.3, -0.25) is 0 Å². The Morgan fingerprint density at radius 1 is 1.45 bits per heavy atom. The molecular formula is C16H27N3S. The predicted octanol–water partition coefficient (Wildman–Crippen LogP) is 3.22. The van der Waals surface area contributed by atoms with Gasteiger partial charge in [0.25, 0.3) is 0 Å². The average Bonchev–Trinajstić information content (AvgIpc) is 2.44. The van der Waals surface area contributed by atoms with Crippen molar-refractivity contribution in [3.05, 3.63) is 23.4 Å². The highest BCUT2D eigenvalue weighted by Gasteiger charge is 2.20. The summed E-state index contributed by atoms with van der Waals surface area (Å²) in [5.41, 5.74) is 2.46. The molecule has 3 nitrogen and oxygen atoms in total. The quantitative estimate of drug-likeness (QED) is 0.902. The lowest BCUT2D eigenvalue weighted by Gasteiger charge is -2.33. The maximum absolute atomic E-state index is 4.74. The summed E-state index contributed by atoms with van der Waals surface area (Å²) in [6.07, 6.45) is 1.24. The van der Waals surface area contributed by atoms with E-state index in [0.29, 0.717) is 6.04 Å². The van der Waals surface area contributed by atoms with E-state index in [4.69, 9.17) is 4.98 Å². The second kappa shape index (κ2) is 7.32. The van der Waals surface area contributed by atoms with E-state index in [0.717, 1.165) is 36.4 Å². The summed E-state index contributed by atoms with van der Waals surface area (Å²) in [6, 6.07) is 4.96. The largest absolute Gasteiger partial charge is 0.355 e. The molecule has 0 spiro atoms. The zero-order valence-corrected chi connectivity index (χ0v) is 14.0. The van der Waals surface area contributed by atoms with Crippen LogP contribution in [0.15, 0.2) is 12.1 Å². The molecule has 20 heavy (non-hydrogen) atoms. The molecule has 0 aliphatic carbocycles. The number of rotatable bonds is 5. The topological polar surface area (TPSA) is 28.2 Å². The minimum absolute atomic E-state index is 0.516. The Hall–Kier alpha value is -0.740. The maximum Gasteiger partial charge on any atom is 0.129 e. The standard InChI is InChI=1S/C16H27N3S/c1-5-15-11-19(6-7-20-15)16-9-14(8-13(4)18-16)10-17-12(2)3/h8-9,12,15,17H,5-7,10-11H2,1-4H3. The van der Waals surface area contributed by atoms with Crippen LogP contribution in [0.1, 0.15) is 38.4 Å². The molecular weight excluding hydrogens is 266 g/mol. The van der Waals surface area contributed by atoms with E-state index in [1.165, 1.54) is 17.7 Å². The summed E-state index contributed by atoms with van der Waals surface area (Å²) in [4.78, 5) is 7.20.